The predicted octanol–water partition coefficient (Wildman–Crippen LogP) is 2.67. The van der Waals surface area contributed by atoms with E-state index in [0.29, 0.717) is 22.8 Å². The van der Waals surface area contributed by atoms with Gasteiger partial charge < -0.3 is 26.3 Å². The third-order valence-corrected chi connectivity index (χ3v) is 8.64. The number of aromatic nitrogens is 1. The Kier molecular flexibility index (Phi) is 7.40. The Morgan fingerprint density at radius 3 is 2.67 bits per heavy atom. The van der Waals surface area contributed by atoms with Crippen molar-refractivity contribution in [3.63, 3.8) is 0 Å². The summed E-state index contributed by atoms with van der Waals surface area (Å²) in [5.74, 6) is -1.27. The van der Waals surface area contributed by atoms with Gasteiger partial charge in [-0.2, -0.15) is 0 Å². The average molecular weight is 564 g/mol. The smallest absolute Gasteiger partial charge is 0.384 e. The van der Waals surface area contributed by atoms with E-state index in [0.717, 1.165) is 26.7 Å². The van der Waals surface area contributed by atoms with Crippen LogP contribution in [-0.4, -0.2) is 57.8 Å². The normalized spacial score (nSPS) is 17.7. The highest BCUT2D eigenvalue weighted by molar-refractivity contribution is 7.66. The number of nitrogens with one attached hydrogen (secondary N) is 4. The summed E-state index contributed by atoms with van der Waals surface area (Å²) in [5, 5.41) is 16.4. The third kappa shape index (κ3) is 5.38. The fourth-order valence-electron chi connectivity index (χ4n) is 4.84. The highest BCUT2D eigenvalue weighted by Crippen LogP contribution is 2.27. The molecule has 3 amide bonds. The molecular formula is C27H27N6O4S2+. The number of nitrogen functional groups attached to an aromatic ring is 1. The predicted molar refractivity (Wildman–Crippen MR) is 152 cm³/mol. The van der Waals surface area contributed by atoms with Crippen LogP contribution in [-0.2, 0) is 25.5 Å². The number of benzene rings is 2. The highest BCUT2D eigenvalue weighted by Gasteiger charge is 2.45. The van der Waals surface area contributed by atoms with Crippen LogP contribution >= 0.6 is 11.3 Å². The number of para-hydroxylation sites is 1. The molecule has 200 valence electrons. The molecule has 2 aromatic carbocycles. The summed E-state index contributed by atoms with van der Waals surface area (Å²) in [7, 11) is 0. The van der Waals surface area contributed by atoms with Gasteiger partial charge in [-0.1, -0.05) is 18.2 Å². The molecule has 0 unspecified atom stereocenters. The first kappa shape index (κ1) is 26.4. The van der Waals surface area contributed by atoms with Crippen LogP contribution in [0.5, 0.6) is 0 Å². The molecule has 3 atom stereocenters. The number of likely N-dealkylation sites (tertiary alicyclic amines) is 1. The minimum atomic E-state index is -0.821. The Labute approximate surface area is 231 Å². The first-order valence-corrected chi connectivity index (χ1v) is 14.0. The SMILES string of the molecule is C[C@@H](NC(=O)[C@@H]1C[C@@H]([S+]=O)CN1C(=O)CNC(=O)c1ccc2[nH]c3ccccc3c2c1)c1cc(C(=N)N)cs1. The molecule has 0 spiro atoms. The lowest BCUT2D eigenvalue weighted by Crippen LogP contribution is -2.49. The molecule has 0 bridgehead atoms. The van der Waals surface area contributed by atoms with Gasteiger partial charge in [0.15, 0.2) is 0 Å². The summed E-state index contributed by atoms with van der Waals surface area (Å²) in [6, 6.07) is 13.7. The van der Waals surface area contributed by atoms with Crippen molar-refractivity contribution in [1.29, 1.82) is 5.41 Å². The van der Waals surface area contributed by atoms with Gasteiger partial charge in [0.25, 0.3) is 11.2 Å². The summed E-state index contributed by atoms with van der Waals surface area (Å²) in [5.41, 5.74) is 8.41. The Bertz CT molecular complexity index is 1610. The van der Waals surface area contributed by atoms with E-state index in [1.54, 1.807) is 30.5 Å². The van der Waals surface area contributed by atoms with Gasteiger partial charge in [-0.3, -0.25) is 19.8 Å². The number of thiophene rings is 1. The van der Waals surface area contributed by atoms with Crippen LogP contribution in [0.4, 0.5) is 0 Å². The number of amides is 3. The molecule has 2 aromatic heterocycles. The summed E-state index contributed by atoms with van der Waals surface area (Å²) < 4.78 is 11.6. The van der Waals surface area contributed by atoms with E-state index in [4.69, 9.17) is 11.1 Å². The molecule has 1 aliphatic heterocycles. The third-order valence-electron chi connectivity index (χ3n) is 6.91. The van der Waals surface area contributed by atoms with E-state index in [2.05, 4.69) is 15.6 Å². The van der Waals surface area contributed by atoms with Crippen LogP contribution in [0.1, 0.15) is 40.2 Å². The number of hydrogen-bond acceptors (Lipinski definition) is 6. The van der Waals surface area contributed by atoms with Gasteiger partial charge >= 0.3 is 11.7 Å². The minimum Gasteiger partial charge on any atom is -0.384 e. The Balaban J connectivity index is 1.24. The number of nitrogens with zero attached hydrogens (tertiary/aromatic N) is 1. The lowest BCUT2D eigenvalue weighted by Gasteiger charge is -2.24. The van der Waals surface area contributed by atoms with Crippen LogP contribution in [0.25, 0.3) is 21.8 Å². The average Bonchev–Trinajstić information content (AvgIpc) is 3.68. The van der Waals surface area contributed by atoms with Crippen molar-refractivity contribution in [3.8, 4) is 0 Å². The maximum absolute atomic E-state index is 13.1. The summed E-state index contributed by atoms with van der Waals surface area (Å²) in [4.78, 5) is 44.7. The number of nitrogens with two attached hydrogens (primary N) is 1. The zero-order chi connectivity index (χ0) is 27.7. The zero-order valence-electron chi connectivity index (χ0n) is 21.0. The number of carbonyl (C=O) groups is 3. The molecule has 4 aromatic rings. The van der Waals surface area contributed by atoms with Gasteiger partial charge in [0.1, 0.15) is 11.9 Å². The van der Waals surface area contributed by atoms with Gasteiger partial charge in [-0.05, 0) is 37.3 Å². The molecule has 1 saturated heterocycles. The van der Waals surface area contributed by atoms with Crippen LogP contribution < -0.4 is 16.4 Å². The maximum atomic E-state index is 13.1. The van der Waals surface area contributed by atoms with Gasteiger partial charge in [0.05, 0.1) is 19.1 Å². The zero-order valence-corrected chi connectivity index (χ0v) is 22.7. The van der Waals surface area contributed by atoms with E-state index in [-0.39, 0.29) is 37.3 Å². The van der Waals surface area contributed by atoms with Crippen molar-refractivity contribution < 1.29 is 18.6 Å². The lowest BCUT2D eigenvalue weighted by atomic mass is 10.1. The lowest BCUT2D eigenvalue weighted by molar-refractivity contribution is -0.137. The van der Waals surface area contributed by atoms with Gasteiger partial charge in [-0.25, -0.2) is 0 Å². The molecule has 39 heavy (non-hydrogen) atoms. The second-order valence-electron chi connectivity index (χ2n) is 9.51. The molecule has 12 heteroatoms. The molecule has 0 radical (unpaired) electrons. The van der Waals surface area contributed by atoms with Gasteiger partial charge in [0.2, 0.25) is 11.8 Å². The second kappa shape index (κ2) is 10.9. The molecule has 1 fully saturated rings. The summed E-state index contributed by atoms with van der Waals surface area (Å²) in [6.45, 7) is 1.64. The molecule has 0 saturated carbocycles. The molecule has 1 aliphatic rings. The maximum Gasteiger partial charge on any atom is 0.464 e. The van der Waals surface area contributed by atoms with Crippen molar-refractivity contribution in [2.45, 2.75) is 30.7 Å². The summed E-state index contributed by atoms with van der Waals surface area (Å²) in [6.07, 6.45) is 0.229. The van der Waals surface area contributed by atoms with Crippen LogP contribution in [0, 0.1) is 5.41 Å². The summed E-state index contributed by atoms with van der Waals surface area (Å²) >= 11 is 1.74. The number of carbonyl (C=O) groups excluding carboxylic acids is 3. The van der Waals surface area contributed by atoms with Crippen molar-refractivity contribution in [2.24, 2.45) is 5.73 Å². The standard InChI is InChI=1S/C27H26N6O4S2/c1-14(23-9-16(13-38-23)25(28)29)31-27(36)22-10-17(39-37)12-33(22)24(34)11-30-26(35)15-6-7-21-19(8-15)18-4-2-3-5-20(18)32-21/h2-9,13-14,17,22H,10-12H2,1H3,(H5-,28,29,30,31,32,35,36)/p+1/t14-,17-,22+/m1/s1. The number of hydrogen-bond donors (Lipinski definition) is 5. The number of H-pyrrole nitrogens is 1. The number of aromatic amines is 1. The largest absolute Gasteiger partial charge is 0.464 e. The number of amidine groups is 1. The van der Waals surface area contributed by atoms with Crippen molar-refractivity contribution in [1.82, 2.24) is 20.5 Å². The van der Waals surface area contributed by atoms with E-state index in [1.165, 1.54) is 16.2 Å². The second-order valence-corrected chi connectivity index (χ2v) is 11.3. The van der Waals surface area contributed by atoms with E-state index in [1.807, 2.05) is 30.3 Å². The molecule has 10 nitrogen and oxygen atoms in total. The first-order valence-electron chi connectivity index (χ1n) is 12.3. The van der Waals surface area contributed by atoms with E-state index >= 15 is 0 Å². The van der Waals surface area contributed by atoms with E-state index < -0.39 is 23.1 Å². The molecule has 5 rings (SSSR count). The highest BCUT2D eigenvalue weighted by atomic mass is 32.1. The monoisotopic (exact) mass is 563 g/mol. The van der Waals surface area contributed by atoms with Crippen LogP contribution in [0.15, 0.2) is 53.9 Å². The number of fused-ring (bicyclic) bond motifs is 3. The number of rotatable bonds is 8. The first-order chi connectivity index (χ1) is 18.7. The quantitative estimate of drug-likeness (QED) is 0.126. The fourth-order valence-corrected chi connectivity index (χ4v) is 6.24. The Hall–Kier alpha value is -4.16. The van der Waals surface area contributed by atoms with Crippen LogP contribution in [0.3, 0.4) is 0 Å². The van der Waals surface area contributed by atoms with E-state index in [9.17, 15) is 18.6 Å². The molecule has 6 N–H and O–H groups in total. The molecular weight excluding hydrogens is 536 g/mol. The fraction of sp³-hybridized carbons (Fsp3) is 0.259. The minimum absolute atomic E-state index is 0.0534. The molecule has 3 heterocycles. The topological polar surface area (TPSA) is 161 Å². The van der Waals surface area contributed by atoms with Gasteiger partial charge in [-0.15, -0.1) is 11.3 Å². The Morgan fingerprint density at radius 1 is 1.15 bits per heavy atom. The van der Waals surface area contributed by atoms with Crippen molar-refractivity contribution >= 4 is 68.4 Å². The van der Waals surface area contributed by atoms with Crippen LogP contribution in [0.2, 0.25) is 0 Å². The van der Waals surface area contributed by atoms with Gasteiger partial charge in [0, 0.05) is 53.8 Å². The molecule has 0 aliphatic carbocycles. The van der Waals surface area contributed by atoms with Crippen molar-refractivity contribution in [3.05, 3.63) is 69.9 Å². The van der Waals surface area contributed by atoms with Crippen molar-refractivity contribution in [2.75, 3.05) is 13.1 Å². The Morgan fingerprint density at radius 2 is 1.92 bits per heavy atom.